The first-order valence-electron chi connectivity index (χ1n) is 8.33. The molecule has 3 rings (SSSR count). The van der Waals surface area contributed by atoms with Crippen LogP contribution in [-0.4, -0.2) is 35.8 Å². The summed E-state index contributed by atoms with van der Waals surface area (Å²) in [6, 6.07) is 13.7. The van der Waals surface area contributed by atoms with E-state index in [9.17, 15) is 14.7 Å². The highest BCUT2D eigenvalue weighted by Crippen LogP contribution is 2.25. The van der Waals surface area contributed by atoms with Crippen molar-refractivity contribution in [3.63, 3.8) is 0 Å². The molecular formula is C20H20N2O4S. The first-order valence-corrected chi connectivity index (χ1v) is 9.56. The molecule has 0 bridgehead atoms. The van der Waals surface area contributed by atoms with E-state index in [0.29, 0.717) is 12.1 Å². The molecule has 0 aliphatic heterocycles. The second kappa shape index (κ2) is 8.28. The molecule has 2 N–H and O–H groups in total. The Morgan fingerprint density at radius 1 is 1.22 bits per heavy atom. The smallest absolute Gasteiger partial charge is 0.336 e. The van der Waals surface area contributed by atoms with Crippen molar-refractivity contribution in [3.8, 4) is 5.75 Å². The molecule has 1 aromatic heterocycles. The van der Waals surface area contributed by atoms with Crippen molar-refractivity contribution in [3.05, 3.63) is 64.5 Å². The highest BCUT2D eigenvalue weighted by atomic mass is 32.2. The number of aromatic hydroxyl groups is 1. The quantitative estimate of drug-likeness (QED) is 0.501. The lowest BCUT2D eigenvalue weighted by Crippen LogP contribution is -2.30. The Labute approximate surface area is 160 Å². The van der Waals surface area contributed by atoms with E-state index in [1.54, 1.807) is 24.9 Å². The average molecular weight is 384 g/mol. The number of fused-ring (bicyclic) bond motifs is 1. The molecule has 0 saturated carbocycles. The zero-order valence-electron chi connectivity index (χ0n) is 15.1. The fourth-order valence-corrected chi connectivity index (χ4v) is 3.43. The summed E-state index contributed by atoms with van der Waals surface area (Å²) in [6.45, 7) is 0.562. The Kier molecular flexibility index (Phi) is 5.83. The normalized spacial score (nSPS) is 11.1. The van der Waals surface area contributed by atoms with Crippen LogP contribution >= 0.6 is 11.8 Å². The number of anilines is 1. The van der Waals surface area contributed by atoms with Gasteiger partial charge in [-0.25, -0.2) is 4.79 Å². The first kappa shape index (κ1) is 19.0. The van der Waals surface area contributed by atoms with Gasteiger partial charge in [-0.15, -0.1) is 11.8 Å². The SMILES string of the molecule is CSc1ccccc1NC(=O)CN(C)Cc1cc(=O)oc2cc(O)ccc12. The number of phenolic OH excluding ortho intramolecular Hbond substituents is 1. The zero-order chi connectivity index (χ0) is 19.4. The Hall–Kier alpha value is -2.77. The highest BCUT2D eigenvalue weighted by Gasteiger charge is 2.13. The van der Waals surface area contributed by atoms with Gasteiger partial charge in [-0.1, -0.05) is 12.1 Å². The number of likely N-dealkylation sites (N-methyl/N-ethyl adjacent to an activating group) is 1. The maximum atomic E-state index is 12.4. The highest BCUT2D eigenvalue weighted by molar-refractivity contribution is 7.98. The van der Waals surface area contributed by atoms with Crippen LogP contribution in [0.1, 0.15) is 5.56 Å². The molecule has 0 aliphatic rings. The van der Waals surface area contributed by atoms with Gasteiger partial charge in [-0.2, -0.15) is 0 Å². The van der Waals surface area contributed by atoms with Crippen LogP contribution in [0, 0.1) is 0 Å². The van der Waals surface area contributed by atoms with Gasteiger partial charge in [0.2, 0.25) is 5.91 Å². The number of carbonyl (C=O) groups excluding carboxylic acids is 1. The van der Waals surface area contributed by atoms with Crippen molar-refractivity contribution in [1.29, 1.82) is 0 Å². The molecule has 27 heavy (non-hydrogen) atoms. The lowest BCUT2D eigenvalue weighted by molar-refractivity contribution is -0.117. The summed E-state index contributed by atoms with van der Waals surface area (Å²) in [4.78, 5) is 27.0. The van der Waals surface area contributed by atoms with Crippen LogP contribution < -0.4 is 10.9 Å². The third kappa shape index (κ3) is 4.69. The van der Waals surface area contributed by atoms with Crippen LogP contribution in [-0.2, 0) is 11.3 Å². The van der Waals surface area contributed by atoms with E-state index in [2.05, 4.69) is 5.32 Å². The topological polar surface area (TPSA) is 82.8 Å². The molecule has 0 saturated heterocycles. The summed E-state index contributed by atoms with van der Waals surface area (Å²) < 4.78 is 5.13. The third-order valence-corrected chi connectivity index (χ3v) is 4.84. The number of phenols is 1. The predicted octanol–water partition coefficient (Wildman–Crippen LogP) is 3.29. The Balaban J connectivity index is 1.72. The Bertz CT molecular complexity index is 1030. The lowest BCUT2D eigenvalue weighted by atomic mass is 10.1. The first-order chi connectivity index (χ1) is 13.0. The second-order valence-corrected chi connectivity index (χ2v) is 7.04. The number of para-hydroxylation sites is 1. The molecule has 6 nitrogen and oxygen atoms in total. The molecule has 0 radical (unpaired) electrons. The van der Waals surface area contributed by atoms with E-state index in [4.69, 9.17) is 4.42 Å². The second-order valence-electron chi connectivity index (χ2n) is 6.19. The zero-order valence-corrected chi connectivity index (χ0v) is 15.9. The van der Waals surface area contributed by atoms with Crippen LogP contribution in [0.15, 0.2) is 62.6 Å². The van der Waals surface area contributed by atoms with Crippen molar-refractivity contribution in [2.45, 2.75) is 11.4 Å². The van der Waals surface area contributed by atoms with Gasteiger partial charge in [0.1, 0.15) is 11.3 Å². The minimum Gasteiger partial charge on any atom is -0.508 e. The number of hydrogen-bond donors (Lipinski definition) is 2. The van der Waals surface area contributed by atoms with Crippen LogP contribution in [0.5, 0.6) is 5.75 Å². The van der Waals surface area contributed by atoms with E-state index in [1.165, 1.54) is 18.2 Å². The van der Waals surface area contributed by atoms with Crippen LogP contribution in [0.25, 0.3) is 11.0 Å². The van der Waals surface area contributed by atoms with Gasteiger partial charge >= 0.3 is 5.63 Å². The van der Waals surface area contributed by atoms with E-state index in [0.717, 1.165) is 21.5 Å². The molecule has 140 valence electrons. The fraction of sp³-hybridized carbons (Fsp3) is 0.200. The summed E-state index contributed by atoms with van der Waals surface area (Å²) in [5.74, 6) is -0.105. The molecule has 1 amide bonds. The van der Waals surface area contributed by atoms with Crippen LogP contribution in [0.4, 0.5) is 5.69 Å². The van der Waals surface area contributed by atoms with Gasteiger partial charge in [0.25, 0.3) is 0 Å². The minimum absolute atomic E-state index is 0.0305. The van der Waals surface area contributed by atoms with Crippen molar-refractivity contribution in [2.75, 3.05) is 25.2 Å². The van der Waals surface area contributed by atoms with Gasteiger partial charge in [-0.05, 0) is 43.1 Å². The summed E-state index contributed by atoms with van der Waals surface area (Å²) in [5.41, 5.74) is 1.35. The van der Waals surface area contributed by atoms with Crippen molar-refractivity contribution in [2.24, 2.45) is 0 Å². The number of thioether (sulfide) groups is 1. The molecule has 0 spiro atoms. The fourth-order valence-electron chi connectivity index (χ4n) is 2.88. The third-order valence-electron chi connectivity index (χ3n) is 4.05. The number of carbonyl (C=O) groups is 1. The summed E-state index contributed by atoms with van der Waals surface area (Å²) in [7, 11) is 1.81. The van der Waals surface area contributed by atoms with Gasteiger partial charge in [0.05, 0.1) is 12.2 Å². The number of benzene rings is 2. The molecule has 3 aromatic rings. The molecule has 1 heterocycles. The van der Waals surface area contributed by atoms with Gasteiger partial charge < -0.3 is 14.8 Å². The van der Waals surface area contributed by atoms with Gasteiger partial charge in [-0.3, -0.25) is 9.69 Å². The van der Waals surface area contributed by atoms with Crippen LogP contribution in [0.3, 0.4) is 0 Å². The van der Waals surface area contributed by atoms with Gasteiger partial charge in [0, 0.05) is 29.0 Å². The van der Waals surface area contributed by atoms with Crippen molar-refractivity contribution >= 4 is 34.3 Å². The van der Waals surface area contributed by atoms with Crippen molar-refractivity contribution < 1.29 is 14.3 Å². The molecule has 0 unspecified atom stereocenters. The monoisotopic (exact) mass is 384 g/mol. The molecular weight excluding hydrogens is 364 g/mol. The Morgan fingerprint density at radius 3 is 2.78 bits per heavy atom. The lowest BCUT2D eigenvalue weighted by Gasteiger charge is -2.18. The number of hydrogen-bond acceptors (Lipinski definition) is 6. The van der Waals surface area contributed by atoms with Gasteiger partial charge in [0.15, 0.2) is 0 Å². The summed E-state index contributed by atoms with van der Waals surface area (Å²) in [5, 5.41) is 13.2. The standard InChI is InChI=1S/C20H20N2O4S/c1-22(12-19(24)21-16-5-3-4-6-18(16)27-2)11-13-9-20(25)26-17-10-14(23)7-8-15(13)17/h3-10,23H,11-12H2,1-2H3,(H,21,24). The van der Waals surface area contributed by atoms with Crippen LogP contribution in [0.2, 0.25) is 0 Å². The van der Waals surface area contributed by atoms with E-state index < -0.39 is 5.63 Å². The average Bonchev–Trinajstić information content (AvgIpc) is 2.61. The summed E-state index contributed by atoms with van der Waals surface area (Å²) >= 11 is 1.57. The molecule has 2 aromatic carbocycles. The predicted molar refractivity (Wildman–Crippen MR) is 107 cm³/mol. The number of amides is 1. The number of nitrogens with one attached hydrogen (secondary N) is 1. The molecule has 0 fully saturated rings. The largest absolute Gasteiger partial charge is 0.508 e. The maximum Gasteiger partial charge on any atom is 0.336 e. The van der Waals surface area contributed by atoms with E-state index in [-0.39, 0.29) is 18.2 Å². The molecule has 0 aliphatic carbocycles. The summed E-state index contributed by atoms with van der Waals surface area (Å²) in [6.07, 6.45) is 1.96. The van der Waals surface area contributed by atoms with E-state index >= 15 is 0 Å². The molecule has 0 atom stereocenters. The Morgan fingerprint density at radius 2 is 2.00 bits per heavy atom. The minimum atomic E-state index is -0.491. The number of nitrogens with zero attached hydrogens (tertiary/aromatic N) is 1. The number of rotatable bonds is 6. The molecule has 7 heteroatoms. The van der Waals surface area contributed by atoms with Crippen molar-refractivity contribution in [1.82, 2.24) is 4.90 Å². The maximum absolute atomic E-state index is 12.4. The van der Waals surface area contributed by atoms with E-state index in [1.807, 2.05) is 35.4 Å².